The van der Waals surface area contributed by atoms with E-state index in [1.807, 2.05) is 0 Å². The number of aliphatic hydroxyl groups is 2. The van der Waals surface area contributed by atoms with Crippen LogP contribution >= 0.6 is 0 Å². The number of nitrogens with one attached hydrogen (secondary N) is 1. The van der Waals surface area contributed by atoms with Crippen molar-refractivity contribution in [1.29, 1.82) is 0 Å². The largest absolute Gasteiger partial charge is 0.417 e. The van der Waals surface area contributed by atoms with E-state index in [1.54, 1.807) is 0 Å². The van der Waals surface area contributed by atoms with Crippen LogP contribution in [0.25, 0.3) is 16.9 Å². The Hall–Kier alpha value is -3.86. The number of aromatic nitrogens is 3. The lowest BCUT2D eigenvalue weighted by Gasteiger charge is -2.24. The zero-order valence-corrected chi connectivity index (χ0v) is 18.6. The molecule has 3 aromatic rings. The maximum absolute atomic E-state index is 14.6. The minimum absolute atomic E-state index is 0.0233. The standard InChI is InChI=1S/C21H15F8N5O4/c22-8-3-11(23)17(30-4-8)34-5-10(18(38)32-19(20(24,25)26)21(27,28)29)15(37)9-1-2-14(31-16(9)34)33-6-12(35)13(36)7-33/h1-5,12-13,19,35-36H,6-7H2,(H,32,38)/t12-,13?/m0/s1. The highest BCUT2D eigenvalue weighted by atomic mass is 19.4. The number of fused-ring (bicyclic) bond motifs is 1. The molecule has 0 aromatic carbocycles. The molecular weight excluding hydrogens is 538 g/mol. The lowest BCUT2D eigenvalue weighted by atomic mass is 10.1. The number of halogens is 8. The molecule has 0 aliphatic carbocycles. The van der Waals surface area contributed by atoms with Gasteiger partial charge in [-0.05, 0) is 12.1 Å². The summed E-state index contributed by atoms with van der Waals surface area (Å²) in [4.78, 5) is 34.5. The Morgan fingerprint density at radius 1 is 1.05 bits per heavy atom. The summed E-state index contributed by atoms with van der Waals surface area (Å²) >= 11 is 0. The summed E-state index contributed by atoms with van der Waals surface area (Å²) in [5.74, 6) is -5.36. The van der Waals surface area contributed by atoms with Crippen LogP contribution in [0.5, 0.6) is 0 Å². The predicted molar refractivity (Wildman–Crippen MR) is 113 cm³/mol. The smallest absolute Gasteiger partial charge is 0.389 e. The zero-order valence-electron chi connectivity index (χ0n) is 18.6. The third-order valence-electron chi connectivity index (χ3n) is 5.61. The SMILES string of the molecule is O=C(NC(C(F)(F)F)C(F)(F)F)c1cn(-c2ncc(F)cc2F)c2nc(N3CC(O)[C@@H](O)C3)ccc2c1=O. The fourth-order valence-electron chi connectivity index (χ4n) is 3.79. The van der Waals surface area contributed by atoms with Crippen LogP contribution < -0.4 is 15.6 Å². The van der Waals surface area contributed by atoms with Crippen molar-refractivity contribution in [2.45, 2.75) is 30.6 Å². The Morgan fingerprint density at radius 2 is 1.66 bits per heavy atom. The summed E-state index contributed by atoms with van der Waals surface area (Å²) in [6.07, 6.45) is -13.3. The Balaban J connectivity index is 1.91. The molecule has 4 rings (SSSR count). The molecule has 1 aliphatic rings. The maximum Gasteiger partial charge on any atom is 0.417 e. The number of rotatable bonds is 4. The quantitative estimate of drug-likeness (QED) is 0.422. The van der Waals surface area contributed by atoms with E-state index in [1.165, 1.54) is 11.0 Å². The molecule has 9 nitrogen and oxygen atoms in total. The fourth-order valence-corrected chi connectivity index (χ4v) is 3.79. The van der Waals surface area contributed by atoms with Crippen LogP contribution in [0.15, 0.2) is 35.4 Å². The van der Waals surface area contributed by atoms with Crippen molar-refractivity contribution >= 4 is 22.8 Å². The summed E-state index contributed by atoms with van der Waals surface area (Å²) in [7, 11) is 0. The number of alkyl halides is 6. The molecule has 38 heavy (non-hydrogen) atoms. The molecule has 2 atom stereocenters. The first kappa shape index (κ1) is 27.2. The van der Waals surface area contributed by atoms with Crippen LogP contribution in [0.2, 0.25) is 0 Å². The molecule has 3 N–H and O–H groups in total. The van der Waals surface area contributed by atoms with Gasteiger partial charge in [0.05, 0.1) is 23.8 Å². The molecule has 0 bridgehead atoms. The first-order chi connectivity index (χ1) is 17.6. The molecule has 0 saturated carbocycles. The molecule has 1 saturated heterocycles. The molecule has 4 heterocycles. The average molecular weight is 553 g/mol. The highest BCUT2D eigenvalue weighted by Crippen LogP contribution is 2.33. The Kier molecular flexibility index (Phi) is 6.77. The van der Waals surface area contributed by atoms with Gasteiger partial charge in [-0.1, -0.05) is 0 Å². The first-order valence-corrected chi connectivity index (χ1v) is 10.5. The highest BCUT2D eigenvalue weighted by Gasteiger charge is 2.57. The van der Waals surface area contributed by atoms with Gasteiger partial charge in [0.1, 0.15) is 17.2 Å². The van der Waals surface area contributed by atoms with Crippen molar-refractivity contribution in [3.63, 3.8) is 0 Å². The molecule has 3 aromatic heterocycles. The van der Waals surface area contributed by atoms with Crippen molar-refractivity contribution < 1.29 is 50.1 Å². The number of carbonyl (C=O) groups is 1. The monoisotopic (exact) mass is 553 g/mol. The van der Waals surface area contributed by atoms with Crippen molar-refractivity contribution in [1.82, 2.24) is 19.9 Å². The molecule has 17 heteroatoms. The van der Waals surface area contributed by atoms with Gasteiger partial charge < -0.3 is 20.4 Å². The third kappa shape index (κ3) is 5.10. The summed E-state index contributed by atoms with van der Waals surface area (Å²) in [5.41, 5.74) is -3.05. The minimum Gasteiger partial charge on any atom is -0.389 e. The van der Waals surface area contributed by atoms with E-state index in [0.29, 0.717) is 23.0 Å². The van der Waals surface area contributed by atoms with E-state index < -0.39 is 76.0 Å². The second kappa shape index (κ2) is 9.46. The van der Waals surface area contributed by atoms with E-state index in [4.69, 9.17) is 0 Å². The average Bonchev–Trinajstić information content (AvgIpc) is 3.14. The number of hydrogen-bond donors (Lipinski definition) is 3. The second-order valence-electron chi connectivity index (χ2n) is 8.27. The van der Waals surface area contributed by atoms with Crippen LogP contribution in [-0.4, -0.2) is 74.3 Å². The Bertz CT molecular complexity index is 1430. The van der Waals surface area contributed by atoms with Crippen LogP contribution in [-0.2, 0) is 0 Å². The second-order valence-corrected chi connectivity index (χ2v) is 8.27. The molecular formula is C21H15F8N5O4. The molecule has 1 unspecified atom stereocenters. The number of hydrogen-bond acceptors (Lipinski definition) is 7. The summed E-state index contributed by atoms with van der Waals surface area (Å²) in [6, 6.07) is -1.79. The van der Waals surface area contributed by atoms with Gasteiger partial charge in [-0.3, -0.25) is 14.2 Å². The van der Waals surface area contributed by atoms with Gasteiger partial charge in [-0.25, -0.2) is 18.7 Å². The fraction of sp³-hybridized carbons (Fsp3) is 0.333. The topological polar surface area (TPSA) is 121 Å². The summed E-state index contributed by atoms with van der Waals surface area (Å²) in [5, 5.41) is 19.8. The number of nitrogens with zero attached hydrogens (tertiary/aromatic N) is 4. The van der Waals surface area contributed by atoms with Gasteiger partial charge in [0, 0.05) is 25.4 Å². The molecule has 0 radical (unpaired) electrons. The van der Waals surface area contributed by atoms with Gasteiger partial charge in [0.15, 0.2) is 17.3 Å². The van der Waals surface area contributed by atoms with Crippen LogP contribution in [0, 0.1) is 11.6 Å². The van der Waals surface area contributed by atoms with Crippen LogP contribution in [0.4, 0.5) is 40.9 Å². The zero-order chi connectivity index (χ0) is 28.2. The summed E-state index contributed by atoms with van der Waals surface area (Å²) < 4.78 is 106. The number of aliphatic hydroxyl groups excluding tert-OH is 2. The van der Waals surface area contributed by atoms with E-state index in [9.17, 15) is 54.9 Å². The van der Waals surface area contributed by atoms with Gasteiger partial charge in [0.25, 0.3) is 5.91 Å². The lowest BCUT2D eigenvalue weighted by molar-refractivity contribution is -0.255. The van der Waals surface area contributed by atoms with Gasteiger partial charge in [-0.2, -0.15) is 26.3 Å². The summed E-state index contributed by atoms with van der Waals surface area (Å²) in [6.45, 7) is -0.215. The van der Waals surface area contributed by atoms with E-state index in [-0.39, 0.29) is 18.9 Å². The third-order valence-corrected chi connectivity index (χ3v) is 5.61. The molecule has 0 spiro atoms. The number of carbonyl (C=O) groups excluding carboxylic acids is 1. The van der Waals surface area contributed by atoms with Crippen molar-refractivity contribution in [3.8, 4) is 5.82 Å². The van der Waals surface area contributed by atoms with Crippen LogP contribution in [0.3, 0.4) is 0 Å². The predicted octanol–water partition coefficient (Wildman–Crippen LogP) is 1.82. The maximum atomic E-state index is 14.6. The van der Waals surface area contributed by atoms with Crippen molar-refractivity contribution in [3.05, 3.63) is 58.0 Å². The van der Waals surface area contributed by atoms with Crippen molar-refractivity contribution in [2.75, 3.05) is 18.0 Å². The molecule has 1 fully saturated rings. The van der Waals surface area contributed by atoms with E-state index in [2.05, 4.69) is 9.97 Å². The van der Waals surface area contributed by atoms with Gasteiger partial charge in [-0.15, -0.1) is 0 Å². The number of amides is 1. The first-order valence-electron chi connectivity index (χ1n) is 10.5. The van der Waals surface area contributed by atoms with E-state index in [0.717, 1.165) is 11.4 Å². The minimum atomic E-state index is -5.96. The van der Waals surface area contributed by atoms with Gasteiger partial charge in [0.2, 0.25) is 11.5 Å². The van der Waals surface area contributed by atoms with Crippen molar-refractivity contribution in [2.24, 2.45) is 0 Å². The number of β-amino-alcohol motifs (C(OH)–C–C–N with tert-alkyl or cyclic N) is 2. The normalized spacial score (nSPS) is 18.4. The molecule has 1 amide bonds. The molecule has 1 aliphatic heterocycles. The van der Waals surface area contributed by atoms with Crippen LogP contribution in [0.1, 0.15) is 10.4 Å². The highest BCUT2D eigenvalue weighted by molar-refractivity contribution is 5.97. The van der Waals surface area contributed by atoms with Gasteiger partial charge >= 0.3 is 12.4 Å². The van der Waals surface area contributed by atoms with E-state index >= 15 is 0 Å². The lowest BCUT2D eigenvalue weighted by Crippen LogP contribution is -2.55. The Morgan fingerprint density at radius 3 is 2.21 bits per heavy atom. The Labute approximate surface area is 205 Å². The number of anilines is 1. The number of pyridine rings is 3. The molecule has 204 valence electrons.